The Hall–Kier alpha value is -0.940. The van der Waals surface area contributed by atoms with E-state index in [2.05, 4.69) is 20.8 Å². The van der Waals surface area contributed by atoms with Crippen molar-refractivity contribution in [2.45, 2.75) is 110 Å². The molecule has 2 N–H and O–H groups in total. The number of carboxylic acid groups (broad SMARTS) is 1. The molecular weight excluding hydrogens is 356 g/mol. The highest BCUT2D eigenvalue weighted by atomic mass is 16.5. The lowest BCUT2D eigenvalue weighted by atomic mass is 9.80. The third-order valence-electron chi connectivity index (χ3n) is 6.32. The Morgan fingerprint density at radius 2 is 1.89 bits per heavy atom. The van der Waals surface area contributed by atoms with Gasteiger partial charge in [-0.3, -0.25) is 9.59 Å². The fourth-order valence-electron chi connectivity index (χ4n) is 4.92. The molecule has 1 fully saturated rings. The molecule has 0 amide bonds. The number of aliphatic carboxylic acids is 1. The van der Waals surface area contributed by atoms with E-state index in [0.717, 1.165) is 57.8 Å². The summed E-state index contributed by atoms with van der Waals surface area (Å²) in [4.78, 5) is 23.1. The van der Waals surface area contributed by atoms with Crippen molar-refractivity contribution in [1.29, 1.82) is 0 Å². The van der Waals surface area contributed by atoms with Crippen molar-refractivity contribution in [3.8, 4) is 0 Å². The van der Waals surface area contributed by atoms with Gasteiger partial charge in [0.2, 0.25) is 0 Å². The minimum absolute atomic E-state index is 0.0274. The van der Waals surface area contributed by atoms with E-state index in [1.54, 1.807) is 7.11 Å². The van der Waals surface area contributed by atoms with Crippen molar-refractivity contribution in [2.75, 3.05) is 7.11 Å². The molecular formula is C23H42O5. The smallest absolute Gasteiger partial charge is 0.303 e. The number of methoxy groups -OCH3 is 1. The number of unbranched alkanes of at least 4 members (excludes halogenated alkanes) is 3. The van der Waals surface area contributed by atoms with Gasteiger partial charge < -0.3 is 14.9 Å². The van der Waals surface area contributed by atoms with Crippen LogP contribution in [0.2, 0.25) is 0 Å². The van der Waals surface area contributed by atoms with Gasteiger partial charge in [-0.05, 0) is 49.9 Å². The molecule has 1 rings (SSSR count). The number of ketones is 1. The molecule has 0 aromatic rings. The van der Waals surface area contributed by atoms with E-state index in [-0.39, 0.29) is 35.9 Å². The van der Waals surface area contributed by atoms with Crippen molar-refractivity contribution in [2.24, 2.45) is 17.3 Å². The van der Waals surface area contributed by atoms with Crippen LogP contribution < -0.4 is 0 Å². The van der Waals surface area contributed by atoms with E-state index < -0.39 is 5.97 Å². The summed E-state index contributed by atoms with van der Waals surface area (Å²) < 4.78 is 5.60. The van der Waals surface area contributed by atoms with Crippen molar-refractivity contribution in [3.63, 3.8) is 0 Å². The van der Waals surface area contributed by atoms with Crippen LogP contribution in [0.4, 0.5) is 0 Å². The van der Waals surface area contributed by atoms with Crippen LogP contribution in [-0.2, 0) is 14.3 Å². The number of Topliss-reactive ketones (excluding diaryl/α,β-unsaturated/α-hetero) is 1. The average molecular weight is 399 g/mol. The lowest BCUT2D eigenvalue weighted by Crippen LogP contribution is -2.26. The number of aliphatic hydroxyl groups is 1. The summed E-state index contributed by atoms with van der Waals surface area (Å²) in [6, 6.07) is 0. The number of ether oxygens (including phenoxy) is 1. The summed E-state index contributed by atoms with van der Waals surface area (Å²) in [7, 11) is 1.68. The Balaban J connectivity index is 2.47. The Bertz CT molecular complexity index is 474. The molecule has 1 unspecified atom stereocenters. The topological polar surface area (TPSA) is 83.8 Å². The highest BCUT2D eigenvalue weighted by molar-refractivity contribution is 5.84. The van der Waals surface area contributed by atoms with Crippen molar-refractivity contribution >= 4 is 11.8 Å². The lowest BCUT2D eigenvalue weighted by Gasteiger charge is -2.29. The van der Waals surface area contributed by atoms with Crippen LogP contribution in [0, 0.1) is 17.3 Å². The third-order valence-corrected chi connectivity index (χ3v) is 6.32. The predicted molar refractivity (Wildman–Crippen MR) is 111 cm³/mol. The fraction of sp³-hybridized carbons (Fsp3) is 0.913. The maximum atomic E-state index is 12.5. The second-order valence-corrected chi connectivity index (χ2v) is 9.41. The van der Waals surface area contributed by atoms with Crippen molar-refractivity contribution < 1.29 is 24.5 Å². The van der Waals surface area contributed by atoms with Crippen LogP contribution in [0.3, 0.4) is 0 Å². The van der Waals surface area contributed by atoms with Crippen LogP contribution in [0.5, 0.6) is 0 Å². The van der Waals surface area contributed by atoms with Gasteiger partial charge in [-0.25, -0.2) is 0 Å². The Labute approximate surface area is 171 Å². The van der Waals surface area contributed by atoms with E-state index in [4.69, 9.17) is 9.84 Å². The van der Waals surface area contributed by atoms with E-state index in [1.165, 1.54) is 0 Å². The van der Waals surface area contributed by atoms with Crippen molar-refractivity contribution in [1.82, 2.24) is 0 Å². The molecule has 164 valence electrons. The van der Waals surface area contributed by atoms with E-state index in [9.17, 15) is 14.7 Å². The van der Waals surface area contributed by atoms with Gasteiger partial charge in [0.15, 0.2) is 0 Å². The zero-order valence-electron chi connectivity index (χ0n) is 18.4. The molecule has 0 bridgehead atoms. The number of rotatable bonds is 15. The predicted octanol–water partition coefficient (Wildman–Crippen LogP) is 4.99. The van der Waals surface area contributed by atoms with Gasteiger partial charge in [-0.2, -0.15) is 0 Å². The molecule has 0 aliphatic heterocycles. The highest BCUT2D eigenvalue weighted by Crippen LogP contribution is 2.39. The average Bonchev–Trinajstić information content (AvgIpc) is 2.90. The van der Waals surface area contributed by atoms with E-state index in [1.807, 2.05) is 0 Å². The summed E-state index contributed by atoms with van der Waals surface area (Å²) in [6.45, 7) is 6.60. The minimum Gasteiger partial charge on any atom is -0.481 e. The van der Waals surface area contributed by atoms with Gasteiger partial charge in [0, 0.05) is 25.9 Å². The quantitative estimate of drug-likeness (QED) is 0.380. The summed E-state index contributed by atoms with van der Waals surface area (Å²) in [6.07, 6.45) is 9.32. The summed E-state index contributed by atoms with van der Waals surface area (Å²) >= 11 is 0. The van der Waals surface area contributed by atoms with Gasteiger partial charge in [0.05, 0.1) is 12.2 Å². The number of aliphatic hydroxyl groups excluding tert-OH is 1. The standard InChI is InChI=1S/C23H42O5/c1-5-14-23(2,3)16-17(24)12-13-19-18(20(25)15-21(19)28-4)10-8-6-7-9-11-22(26)27/h17-19,21,24H,5-16H2,1-4H3,(H,26,27)/t17?,18-,19-,21-/m1/s1. The van der Waals surface area contributed by atoms with Crippen LogP contribution >= 0.6 is 0 Å². The fourth-order valence-corrected chi connectivity index (χ4v) is 4.92. The molecule has 1 aliphatic rings. The highest BCUT2D eigenvalue weighted by Gasteiger charge is 2.41. The number of hydrogen-bond donors (Lipinski definition) is 2. The second-order valence-electron chi connectivity index (χ2n) is 9.41. The normalized spacial score (nSPS) is 23.9. The number of carboxylic acids is 1. The van der Waals surface area contributed by atoms with Crippen LogP contribution in [-0.4, -0.2) is 41.3 Å². The monoisotopic (exact) mass is 398 g/mol. The molecule has 0 radical (unpaired) electrons. The first-order valence-electron chi connectivity index (χ1n) is 11.2. The maximum Gasteiger partial charge on any atom is 0.303 e. The minimum atomic E-state index is -0.741. The van der Waals surface area contributed by atoms with Gasteiger partial charge in [0.25, 0.3) is 0 Å². The molecule has 4 atom stereocenters. The van der Waals surface area contributed by atoms with Gasteiger partial charge in [0.1, 0.15) is 5.78 Å². The van der Waals surface area contributed by atoms with E-state index >= 15 is 0 Å². The molecule has 28 heavy (non-hydrogen) atoms. The summed E-state index contributed by atoms with van der Waals surface area (Å²) in [5.74, 6) is -0.224. The third kappa shape index (κ3) is 9.04. The van der Waals surface area contributed by atoms with Gasteiger partial charge in [-0.1, -0.05) is 46.5 Å². The largest absolute Gasteiger partial charge is 0.481 e. The van der Waals surface area contributed by atoms with Gasteiger partial charge in [-0.15, -0.1) is 0 Å². The summed E-state index contributed by atoms with van der Waals surface area (Å²) in [5, 5.41) is 19.2. The first kappa shape index (κ1) is 25.1. The maximum absolute atomic E-state index is 12.5. The molecule has 0 heterocycles. The summed E-state index contributed by atoms with van der Waals surface area (Å²) in [5.41, 5.74) is 0.148. The molecule has 1 saturated carbocycles. The zero-order chi connectivity index (χ0) is 21.2. The van der Waals surface area contributed by atoms with Crippen molar-refractivity contribution in [3.05, 3.63) is 0 Å². The Morgan fingerprint density at radius 3 is 2.50 bits per heavy atom. The molecule has 5 nitrogen and oxygen atoms in total. The Kier molecular flexibility index (Phi) is 11.3. The first-order chi connectivity index (χ1) is 13.2. The van der Waals surface area contributed by atoms with E-state index in [0.29, 0.717) is 18.6 Å². The van der Waals surface area contributed by atoms with Gasteiger partial charge >= 0.3 is 5.97 Å². The molecule has 0 spiro atoms. The van der Waals surface area contributed by atoms with Crippen LogP contribution in [0.1, 0.15) is 97.8 Å². The molecule has 5 heteroatoms. The molecule has 1 aliphatic carbocycles. The Morgan fingerprint density at radius 1 is 1.21 bits per heavy atom. The van der Waals surface area contributed by atoms with Crippen LogP contribution in [0.15, 0.2) is 0 Å². The first-order valence-corrected chi connectivity index (χ1v) is 11.2. The molecule has 0 aromatic heterocycles. The molecule has 0 saturated heterocycles. The zero-order valence-corrected chi connectivity index (χ0v) is 18.4. The number of hydrogen-bond acceptors (Lipinski definition) is 4. The molecule has 0 aromatic carbocycles. The van der Waals surface area contributed by atoms with Crippen LogP contribution in [0.25, 0.3) is 0 Å². The number of carbonyl (C=O) groups excluding carboxylic acids is 1. The lowest BCUT2D eigenvalue weighted by molar-refractivity contribution is -0.137. The second kappa shape index (κ2) is 12.6. The SMILES string of the molecule is CCCC(C)(C)CC(O)CC[C@H]1[C@H](OC)CC(=O)[C@@H]1CCCCCCC(=O)O. The number of carbonyl (C=O) groups is 2.